The van der Waals surface area contributed by atoms with E-state index in [-0.39, 0.29) is 17.6 Å². The van der Waals surface area contributed by atoms with E-state index in [0.29, 0.717) is 61.2 Å². The number of nitrogens with zero attached hydrogens (tertiary/aromatic N) is 1. The van der Waals surface area contributed by atoms with Crippen LogP contribution in [0.15, 0.2) is 0 Å². The average Bonchev–Trinajstić information content (AvgIpc) is 3.43. The molecule has 0 radical (unpaired) electrons. The van der Waals surface area contributed by atoms with Crippen LogP contribution in [0.25, 0.3) is 0 Å². The van der Waals surface area contributed by atoms with Gasteiger partial charge in [-0.05, 0) is 178 Å². The van der Waals surface area contributed by atoms with Crippen molar-refractivity contribution in [3.63, 3.8) is 0 Å². The van der Waals surface area contributed by atoms with Gasteiger partial charge in [-0.15, -0.1) is 0 Å². The summed E-state index contributed by atoms with van der Waals surface area (Å²) in [6, 6.07) is 0. The molecular weight excluding hydrogens is 600 g/mol. The van der Waals surface area contributed by atoms with Gasteiger partial charge in [-0.3, -0.25) is 0 Å². The third kappa shape index (κ3) is 12.4. The lowest BCUT2D eigenvalue weighted by atomic mass is 9.52. The second-order valence-corrected chi connectivity index (χ2v) is 16.2. The maximum Gasteiger partial charge on any atom is 0.0636 e. The van der Waals surface area contributed by atoms with Gasteiger partial charge in [0.1, 0.15) is 0 Å². The van der Waals surface area contributed by atoms with Gasteiger partial charge in [0.2, 0.25) is 0 Å². The number of ether oxygens (including phenoxy) is 3. The Balaban J connectivity index is 1.84. The number of hydrogen-bond acceptors (Lipinski definition) is 9. The number of fused-ring (bicyclic) bond motifs is 3. The van der Waals surface area contributed by atoms with E-state index < -0.39 is 0 Å². The molecule has 0 heterocycles. The summed E-state index contributed by atoms with van der Waals surface area (Å²) in [5, 5.41) is 0. The van der Waals surface area contributed by atoms with Crippen LogP contribution in [0.4, 0.5) is 0 Å². The molecule has 3 unspecified atom stereocenters. The van der Waals surface area contributed by atoms with Crippen molar-refractivity contribution in [2.75, 3.05) is 72.2 Å². The van der Waals surface area contributed by atoms with E-state index in [4.69, 9.17) is 42.9 Å². The van der Waals surface area contributed by atoms with E-state index in [1.165, 1.54) is 38.5 Å². The summed E-state index contributed by atoms with van der Waals surface area (Å²) in [7, 11) is 0. The van der Waals surface area contributed by atoms with E-state index in [1.807, 2.05) is 0 Å². The van der Waals surface area contributed by atoms with Crippen LogP contribution in [0.5, 0.6) is 0 Å². The molecule has 0 aromatic heterocycles. The van der Waals surface area contributed by atoms with Gasteiger partial charge in [-0.1, -0.05) is 27.2 Å². The summed E-state index contributed by atoms with van der Waals surface area (Å²) in [6.45, 7) is 16.8. The Bertz CT molecular complexity index is 817. The van der Waals surface area contributed by atoms with Gasteiger partial charge in [0.05, 0.1) is 18.3 Å². The summed E-state index contributed by atoms with van der Waals surface area (Å²) < 4.78 is 20.3. The molecule has 3 rings (SSSR count). The second kappa shape index (κ2) is 23.3. The Hall–Kier alpha value is -0.360. The smallest absolute Gasteiger partial charge is 0.0636 e. The molecule has 0 spiro atoms. The Morgan fingerprint density at radius 3 is 1.94 bits per heavy atom. The molecule has 0 aromatic rings. The predicted molar refractivity (Wildman–Crippen MR) is 201 cm³/mol. The molecule has 3 aliphatic rings. The van der Waals surface area contributed by atoms with Crippen molar-refractivity contribution in [3.8, 4) is 0 Å². The van der Waals surface area contributed by atoms with Gasteiger partial charge in [0, 0.05) is 25.2 Å². The van der Waals surface area contributed by atoms with Gasteiger partial charge < -0.3 is 47.8 Å². The topological polar surface area (TPSA) is 161 Å². The largest absolute Gasteiger partial charge is 0.378 e. The van der Waals surface area contributed by atoms with Crippen LogP contribution in [0.2, 0.25) is 0 Å². The lowest BCUT2D eigenvalue weighted by molar-refractivity contribution is -0.171. The zero-order chi connectivity index (χ0) is 34.8. The minimum Gasteiger partial charge on any atom is -0.378 e. The van der Waals surface area contributed by atoms with Gasteiger partial charge in [-0.25, -0.2) is 0 Å². The first-order valence-corrected chi connectivity index (χ1v) is 20.4. The quantitative estimate of drug-likeness (QED) is 0.0949. The molecule has 9 heteroatoms. The summed E-state index contributed by atoms with van der Waals surface area (Å²) in [6.07, 6.45) is 17.8. The highest BCUT2D eigenvalue weighted by atomic mass is 16.5. The molecule has 0 amide bonds. The van der Waals surface area contributed by atoms with Gasteiger partial charge in [0.25, 0.3) is 0 Å². The van der Waals surface area contributed by atoms with Crippen molar-refractivity contribution < 1.29 is 14.2 Å². The summed E-state index contributed by atoms with van der Waals surface area (Å²) in [4.78, 5) is 2.59. The highest BCUT2D eigenvalue weighted by Gasteiger charge is 2.61. The van der Waals surface area contributed by atoms with E-state index in [0.717, 1.165) is 110 Å². The van der Waals surface area contributed by atoms with Gasteiger partial charge >= 0.3 is 0 Å². The standard InChI is InChI=1S/C39H80N6O3/c1-30-27-33(46-24-8-18-42)13-4-12-32-29-37(48-26-10-20-44)39(3)34(14-15-35(39)38(32)36(28-30)47-25-9-19-43)31(2)11-5-21-45(22-6-16-40)23-7-17-41/h30-38H,4-29,40-44H2,1-3H3/t30?,31-,32+,33-,34?,35+,36-,37+,38?,39-/m1/s1. The number of rotatable bonds is 23. The molecule has 10 atom stereocenters. The fraction of sp³-hybridized carbons (Fsp3) is 1.00. The predicted octanol–water partition coefficient (Wildman–Crippen LogP) is 4.87. The monoisotopic (exact) mass is 681 g/mol. The molecule has 3 saturated carbocycles. The highest BCUT2D eigenvalue weighted by Crippen LogP contribution is 2.63. The zero-order valence-corrected chi connectivity index (χ0v) is 31.6. The normalized spacial score (nSPS) is 33.4. The summed E-state index contributed by atoms with van der Waals surface area (Å²) in [5.41, 5.74) is 29.6. The van der Waals surface area contributed by atoms with Crippen molar-refractivity contribution in [2.24, 2.45) is 69.6 Å². The van der Waals surface area contributed by atoms with Crippen LogP contribution in [0.1, 0.15) is 117 Å². The van der Waals surface area contributed by atoms with Crippen LogP contribution in [-0.4, -0.2) is 95.4 Å². The van der Waals surface area contributed by atoms with Crippen molar-refractivity contribution in [1.29, 1.82) is 0 Å². The molecule has 3 aliphatic carbocycles. The van der Waals surface area contributed by atoms with Crippen molar-refractivity contribution in [1.82, 2.24) is 4.90 Å². The highest BCUT2D eigenvalue weighted by molar-refractivity contribution is 5.09. The molecule has 284 valence electrons. The van der Waals surface area contributed by atoms with E-state index in [1.54, 1.807) is 0 Å². The van der Waals surface area contributed by atoms with Crippen molar-refractivity contribution in [2.45, 2.75) is 135 Å². The fourth-order valence-electron chi connectivity index (χ4n) is 10.3. The lowest BCUT2D eigenvalue weighted by Gasteiger charge is -2.56. The maximum atomic E-state index is 6.96. The molecule has 10 N–H and O–H groups in total. The number of nitrogens with two attached hydrogens (primary N) is 5. The molecule has 3 fully saturated rings. The van der Waals surface area contributed by atoms with Crippen molar-refractivity contribution in [3.05, 3.63) is 0 Å². The molecule has 0 aliphatic heterocycles. The second-order valence-electron chi connectivity index (χ2n) is 16.2. The minimum absolute atomic E-state index is 0.144. The van der Waals surface area contributed by atoms with Crippen LogP contribution < -0.4 is 28.7 Å². The number of hydrogen-bond donors (Lipinski definition) is 5. The lowest BCUT2D eigenvalue weighted by Crippen LogP contribution is -2.56. The SMILES string of the molecule is CC1C[C@H](OCCCN)CCC[C@H]2C[C@H](OCCCN)[C@]3(C)C([C@H](C)CCCN(CCCN)CCCN)CC[C@H]3C2[C@H](OCCCN)C1. The Kier molecular flexibility index (Phi) is 20.4. The Morgan fingerprint density at radius 2 is 1.29 bits per heavy atom. The zero-order valence-electron chi connectivity index (χ0n) is 31.6. The van der Waals surface area contributed by atoms with Gasteiger partial charge in [0.15, 0.2) is 0 Å². The average molecular weight is 681 g/mol. The maximum absolute atomic E-state index is 6.96. The van der Waals surface area contributed by atoms with E-state index >= 15 is 0 Å². The third-order valence-electron chi connectivity index (χ3n) is 12.7. The summed E-state index contributed by atoms with van der Waals surface area (Å²) >= 11 is 0. The molecule has 9 nitrogen and oxygen atoms in total. The fourth-order valence-corrected chi connectivity index (χ4v) is 10.3. The molecule has 48 heavy (non-hydrogen) atoms. The molecule has 0 saturated heterocycles. The van der Waals surface area contributed by atoms with E-state index in [9.17, 15) is 0 Å². The van der Waals surface area contributed by atoms with Crippen molar-refractivity contribution >= 4 is 0 Å². The van der Waals surface area contributed by atoms with Crippen LogP contribution in [0, 0.1) is 40.9 Å². The van der Waals surface area contributed by atoms with Crippen LogP contribution in [0.3, 0.4) is 0 Å². The minimum atomic E-state index is 0.144. The third-order valence-corrected chi connectivity index (χ3v) is 12.7. The first-order chi connectivity index (χ1) is 23.3. The Labute approximate surface area is 295 Å². The van der Waals surface area contributed by atoms with Crippen LogP contribution in [-0.2, 0) is 14.2 Å². The molecule has 0 aromatic carbocycles. The van der Waals surface area contributed by atoms with Gasteiger partial charge in [-0.2, -0.15) is 0 Å². The summed E-state index contributed by atoms with van der Waals surface area (Å²) in [5.74, 6) is 3.66. The molecular formula is C39H80N6O3. The first-order valence-electron chi connectivity index (χ1n) is 20.4. The molecule has 0 bridgehead atoms. The Morgan fingerprint density at radius 1 is 0.688 bits per heavy atom. The van der Waals surface area contributed by atoms with Crippen LogP contribution >= 0.6 is 0 Å². The van der Waals surface area contributed by atoms with E-state index in [2.05, 4.69) is 25.7 Å². The first kappa shape index (κ1) is 42.1.